The highest BCUT2D eigenvalue weighted by Gasteiger charge is 2.13. The highest BCUT2D eigenvalue weighted by atomic mass is 35.5. The summed E-state index contributed by atoms with van der Waals surface area (Å²) in [7, 11) is 0. The molecule has 0 saturated heterocycles. The average molecular weight is 409 g/mol. The van der Waals surface area contributed by atoms with Gasteiger partial charge >= 0.3 is 6.01 Å². The smallest absolute Gasteiger partial charge is 0.322 e. The van der Waals surface area contributed by atoms with Gasteiger partial charge in [0, 0.05) is 10.9 Å². The summed E-state index contributed by atoms with van der Waals surface area (Å²) in [5.41, 5.74) is 0. The standard InChI is InChI=1S/C16H17ClN6O3S/c1-9(2)14-21-22-15(26-14)19-13(24)8-27-16-18-12(20-23-16)7-25-11-5-3-10(17)4-6-11/h3-6,9H,7-8H2,1-2H3,(H,18,20,23)(H,19,22,24). The van der Waals surface area contributed by atoms with Crippen LogP contribution in [0.5, 0.6) is 5.75 Å². The van der Waals surface area contributed by atoms with Crippen molar-refractivity contribution in [2.24, 2.45) is 0 Å². The molecule has 27 heavy (non-hydrogen) atoms. The minimum Gasteiger partial charge on any atom is -0.486 e. The van der Waals surface area contributed by atoms with Gasteiger partial charge in [0.1, 0.15) is 12.4 Å². The monoisotopic (exact) mass is 408 g/mol. The number of nitrogens with zero attached hydrogens (tertiary/aromatic N) is 4. The molecule has 0 unspecified atom stereocenters. The van der Waals surface area contributed by atoms with E-state index in [-0.39, 0.29) is 30.2 Å². The van der Waals surface area contributed by atoms with Crippen LogP contribution in [0.3, 0.4) is 0 Å². The summed E-state index contributed by atoms with van der Waals surface area (Å²) in [6.07, 6.45) is 0. The van der Waals surface area contributed by atoms with E-state index < -0.39 is 0 Å². The molecule has 0 aliphatic rings. The van der Waals surface area contributed by atoms with Gasteiger partial charge in [-0.15, -0.1) is 10.2 Å². The first kappa shape index (κ1) is 19.2. The summed E-state index contributed by atoms with van der Waals surface area (Å²) in [5, 5.41) is 18.1. The molecule has 9 nitrogen and oxygen atoms in total. The normalized spacial score (nSPS) is 11.0. The Morgan fingerprint density at radius 3 is 2.81 bits per heavy atom. The third-order valence-corrected chi connectivity index (χ3v) is 4.31. The highest BCUT2D eigenvalue weighted by Crippen LogP contribution is 2.18. The molecule has 0 fully saturated rings. The van der Waals surface area contributed by atoms with E-state index in [9.17, 15) is 4.79 Å². The van der Waals surface area contributed by atoms with Gasteiger partial charge in [0.2, 0.25) is 17.0 Å². The third-order valence-electron chi connectivity index (χ3n) is 3.21. The van der Waals surface area contributed by atoms with Crippen molar-refractivity contribution in [1.29, 1.82) is 0 Å². The molecule has 0 bridgehead atoms. The minimum absolute atomic E-state index is 0.0799. The molecule has 0 spiro atoms. The molecule has 2 heterocycles. The molecule has 0 saturated carbocycles. The van der Waals surface area contributed by atoms with Crippen LogP contribution in [0.2, 0.25) is 5.02 Å². The van der Waals surface area contributed by atoms with Crippen LogP contribution in [0.25, 0.3) is 0 Å². The van der Waals surface area contributed by atoms with Crippen LogP contribution < -0.4 is 10.1 Å². The van der Waals surface area contributed by atoms with Crippen molar-refractivity contribution in [3.05, 3.63) is 41.0 Å². The molecule has 1 amide bonds. The predicted octanol–water partition coefficient (Wildman–Crippen LogP) is 3.27. The number of carbonyl (C=O) groups excluding carboxylic acids is 1. The zero-order valence-corrected chi connectivity index (χ0v) is 16.2. The number of carbonyl (C=O) groups is 1. The van der Waals surface area contributed by atoms with Crippen molar-refractivity contribution in [3.63, 3.8) is 0 Å². The van der Waals surface area contributed by atoms with E-state index in [1.807, 2.05) is 13.8 Å². The zero-order valence-electron chi connectivity index (χ0n) is 14.6. The molecular weight excluding hydrogens is 392 g/mol. The van der Waals surface area contributed by atoms with Gasteiger partial charge in [-0.25, -0.2) is 4.98 Å². The maximum absolute atomic E-state index is 11.9. The number of amides is 1. The molecule has 0 aliphatic heterocycles. The Morgan fingerprint density at radius 1 is 1.33 bits per heavy atom. The molecule has 0 radical (unpaired) electrons. The van der Waals surface area contributed by atoms with Gasteiger partial charge in [-0.2, -0.15) is 0 Å². The molecule has 0 atom stereocenters. The molecule has 2 aromatic heterocycles. The van der Waals surface area contributed by atoms with E-state index in [2.05, 4.69) is 30.7 Å². The second kappa shape index (κ2) is 8.87. The number of rotatable bonds is 8. The van der Waals surface area contributed by atoms with Crippen LogP contribution >= 0.6 is 23.4 Å². The number of benzene rings is 1. The highest BCUT2D eigenvalue weighted by molar-refractivity contribution is 7.99. The predicted molar refractivity (Wildman–Crippen MR) is 99.9 cm³/mol. The molecule has 3 aromatic rings. The molecule has 11 heteroatoms. The number of ether oxygens (including phenoxy) is 1. The van der Waals surface area contributed by atoms with Gasteiger partial charge < -0.3 is 9.15 Å². The van der Waals surface area contributed by atoms with Crippen LogP contribution in [-0.4, -0.2) is 37.0 Å². The number of hydrogen-bond acceptors (Lipinski definition) is 8. The number of thioether (sulfide) groups is 1. The van der Waals surface area contributed by atoms with Crippen molar-refractivity contribution >= 4 is 35.3 Å². The van der Waals surface area contributed by atoms with Gasteiger partial charge in [0.15, 0.2) is 5.82 Å². The van der Waals surface area contributed by atoms with E-state index in [1.54, 1.807) is 24.3 Å². The van der Waals surface area contributed by atoms with Crippen LogP contribution in [0.15, 0.2) is 33.8 Å². The summed E-state index contributed by atoms with van der Waals surface area (Å²) in [6, 6.07) is 7.09. The Hall–Kier alpha value is -2.59. The number of halogens is 1. The quantitative estimate of drug-likeness (QED) is 0.545. The van der Waals surface area contributed by atoms with Crippen LogP contribution in [0.4, 0.5) is 6.01 Å². The fourth-order valence-electron chi connectivity index (χ4n) is 1.89. The van der Waals surface area contributed by atoms with Gasteiger partial charge in [-0.05, 0) is 24.3 Å². The number of hydrogen-bond donors (Lipinski definition) is 2. The second-order valence-corrected chi connectivity index (χ2v) is 7.12. The number of H-pyrrole nitrogens is 1. The minimum atomic E-state index is -0.289. The molecule has 3 rings (SSSR count). The summed E-state index contributed by atoms with van der Waals surface area (Å²) in [6.45, 7) is 4.07. The number of anilines is 1. The Morgan fingerprint density at radius 2 is 2.11 bits per heavy atom. The van der Waals surface area contributed by atoms with E-state index in [4.69, 9.17) is 20.8 Å². The topological polar surface area (TPSA) is 119 Å². The van der Waals surface area contributed by atoms with Crippen molar-refractivity contribution in [1.82, 2.24) is 25.4 Å². The lowest BCUT2D eigenvalue weighted by Gasteiger charge is -2.03. The number of aromatic nitrogens is 5. The fraction of sp³-hybridized carbons (Fsp3) is 0.312. The van der Waals surface area contributed by atoms with Gasteiger partial charge in [0.05, 0.1) is 5.75 Å². The molecule has 142 valence electrons. The lowest BCUT2D eigenvalue weighted by atomic mass is 10.2. The molecule has 0 aliphatic carbocycles. The summed E-state index contributed by atoms with van der Waals surface area (Å²) >= 11 is 7.00. The lowest BCUT2D eigenvalue weighted by molar-refractivity contribution is -0.113. The van der Waals surface area contributed by atoms with Gasteiger partial charge in [-0.1, -0.05) is 42.3 Å². The van der Waals surface area contributed by atoms with Gasteiger partial charge in [-0.3, -0.25) is 15.2 Å². The Labute approximate surface area is 164 Å². The van der Waals surface area contributed by atoms with Crippen LogP contribution in [0, 0.1) is 0 Å². The Balaban J connectivity index is 1.44. The maximum atomic E-state index is 11.9. The molecule has 2 N–H and O–H groups in total. The SMILES string of the molecule is CC(C)c1nnc(NC(=O)CSc2n[nH]c(COc3ccc(Cl)cc3)n2)o1. The largest absolute Gasteiger partial charge is 0.486 e. The van der Waals surface area contributed by atoms with E-state index >= 15 is 0 Å². The fourth-order valence-corrected chi connectivity index (χ4v) is 2.64. The zero-order chi connectivity index (χ0) is 19.2. The van der Waals surface area contributed by atoms with Crippen LogP contribution in [0.1, 0.15) is 31.5 Å². The number of nitrogens with one attached hydrogen (secondary N) is 2. The van der Waals surface area contributed by atoms with Crippen molar-refractivity contribution < 1.29 is 13.9 Å². The first-order chi connectivity index (χ1) is 13.0. The molecular formula is C16H17ClN6O3S. The van der Waals surface area contributed by atoms with Crippen molar-refractivity contribution in [2.75, 3.05) is 11.1 Å². The van der Waals surface area contributed by atoms with Crippen molar-refractivity contribution in [2.45, 2.75) is 31.5 Å². The third kappa shape index (κ3) is 5.69. The Kier molecular flexibility index (Phi) is 6.30. The first-order valence-corrected chi connectivity index (χ1v) is 9.41. The summed E-state index contributed by atoms with van der Waals surface area (Å²) in [4.78, 5) is 16.2. The summed E-state index contributed by atoms with van der Waals surface area (Å²) in [5.74, 6) is 1.60. The van der Waals surface area contributed by atoms with Crippen LogP contribution in [-0.2, 0) is 11.4 Å². The maximum Gasteiger partial charge on any atom is 0.322 e. The van der Waals surface area contributed by atoms with Gasteiger partial charge in [0.25, 0.3) is 0 Å². The summed E-state index contributed by atoms with van der Waals surface area (Å²) < 4.78 is 10.9. The van der Waals surface area contributed by atoms with E-state index in [1.165, 1.54) is 11.8 Å². The first-order valence-electron chi connectivity index (χ1n) is 8.05. The van der Waals surface area contributed by atoms with E-state index in [0.717, 1.165) is 0 Å². The van der Waals surface area contributed by atoms with E-state index in [0.29, 0.717) is 27.6 Å². The second-order valence-electron chi connectivity index (χ2n) is 5.74. The Bertz CT molecular complexity index is 896. The molecule has 1 aromatic carbocycles. The lowest BCUT2D eigenvalue weighted by Crippen LogP contribution is -2.14. The number of aromatic amines is 1. The van der Waals surface area contributed by atoms with Crippen molar-refractivity contribution in [3.8, 4) is 5.75 Å². The average Bonchev–Trinajstić information content (AvgIpc) is 3.29.